The fourth-order valence-corrected chi connectivity index (χ4v) is 2.20. The molecular formula is C9H14. The minimum absolute atomic E-state index is 1.01. The van der Waals surface area contributed by atoms with Gasteiger partial charge in [-0.25, -0.2) is 0 Å². The first-order chi connectivity index (χ1) is 4.42. The van der Waals surface area contributed by atoms with Gasteiger partial charge in [0.05, 0.1) is 0 Å². The number of hydrogen-bond donors (Lipinski definition) is 0. The Bertz CT molecular complexity index is 153. The van der Waals surface area contributed by atoms with Gasteiger partial charge in [0, 0.05) is 0 Å². The zero-order chi connectivity index (χ0) is 6.27. The molecule has 2 rings (SSSR count). The van der Waals surface area contributed by atoms with E-state index in [4.69, 9.17) is 0 Å². The van der Waals surface area contributed by atoms with Crippen LogP contribution in [0.5, 0.6) is 0 Å². The largest absolute Gasteiger partial charge is 0.0704 e. The molecular weight excluding hydrogens is 108 g/mol. The lowest BCUT2D eigenvalue weighted by atomic mass is 9.85. The van der Waals surface area contributed by atoms with Crippen molar-refractivity contribution < 1.29 is 0 Å². The molecule has 50 valence electrons. The summed E-state index contributed by atoms with van der Waals surface area (Å²) in [6.45, 7) is 2.32. The zero-order valence-corrected chi connectivity index (χ0v) is 6.11. The van der Waals surface area contributed by atoms with Crippen LogP contribution >= 0.6 is 0 Å². The number of rotatable bonds is 1. The second-order valence-electron chi connectivity index (χ2n) is 3.27. The maximum atomic E-state index is 2.32. The van der Waals surface area contributed by atoms with Gasteiger partial charge >= 0.3 is 0 Å². The van der Waals surface area contributed by atoms with E-state index >= 15 is 0 Å². The van der Waals surface area contributed by atoms with E-state index in [-0.39, 0.29) is 0 Å². The summed E-state index contributed by atoms with van der Waals surface area (Å²) < 4.78 is 0. The van der Waals surface area contributed by atoms with Gasteiger partial charge in [0.1, 0.15) is 0 Å². The van der Waals surface area contributed by atoms with Crippen molar-refractivity contribution in [2.24, 2.45) is 5.92 Å². The van der Waals surface area contributed by atoms with Crippen LogP contribution in [-0.2, 0) is 0 Å². The second-order valence-corrected chi connectivity index (χ2v) is 3.27. The second kappa shape index (κ2) is 1.86. The maximum absolute atomic E-state index is 2.32. The molecule has 0 aromatic heterocycles. The molecule has 0 aromatic carbocycles. The van der Waals surface area contributed by atoms with Crippen molar-refractivity contribution >= 4 is 0 Å². The van der Waals surface area contributed by atoms with E-state index in [2.05, 4.69) is 6.92 Å². The van der Waals surface area contributed by atoms with Crippen LogP contribution in [0.25, 0.3) is 0 Å². The van der Waals surface area contributed by atoms with Crippen LogP contribution in [0.1, 0.15) is 39.0 Å². The molecule has 0 bridgehead atoms. The molecule has 0 fully saturated rings. The molecule has 0 heterocycles. The van der Waals surface area contributed by atoms with Crippen molar-refractivity contribution in [2.75, 3.05) is 0 Å². The predicted molar refractivity (Wildman–Crippen MR) is 39.3 cm³/mol. The van der Waals surface area contributed by atoms with Crippen molar-refractivity contribution in [1.29, 1.82) is 0 Å². The van der Waals surface area contributed by atoms with E-state index < -0.39 is 0 Å². The van der Waals surface area contributed by atoms with Gasteiger partial charge in [-0.15, -0.1) is 0 Å². The van der Waals surface area contributed by atoms with Crippen molar-refractivity contribution in [1.82, 2.24) is 0 Å². The molecule has 0 aliphatic heterocycles. The highest BCUT2D eigenvalue weighted by atomic mass is 14.3. The quantitative estimate of drug-likeness (QED) is 0.469. The van der Waals surface area contributed by atoms with Gasteiger partial charge in [-0.05, 0) is 38.0 Å². The molecule has 0 amide bonds. The molecule has 0 nitrogen and oxygen atoms in total. The molecule has 2 aliphatic carbocycles. The SMILES string of the molecule is CCC1CCC2=C1CC2. The average molecular weight is 122 g/mol. The highest BCUT2D eigenvalue weighted by Crippen LogP contribution is 2.45. The predicted octanol–water partition coefficient (Wildman–Crippen LogP) is 2.90. The van der Waals surface area contributed by atoms with Crippen LogP contribution in [0.3, 0.4) is 0 Å². The van der Waals surface area contributed by atoms with Crippen molar-refractivity contribution in [2.45, 2.75) is 39.0 Å². The third-order valence-electron chi connectivity index (χ3n) is 2.93. The fraction of sp³-hybridized carbons (Fsp3) is 0.778. The highest BCUT2D eigenvalue weighted by Gasteiger charge is 2.29. The van der Waals surface area contributed by atoms with E-state index in [0.29, 0.717) is 0 Å². The zero-order valence-electron chi connectivity index (χ0n) is 6.11. The van der Waals surface area contributed by atoms with E-state index in [1.54, 1.807) is 0 Å². The molecule has 0 heteroatoms. The Morgan fingerprint density at radius 2 is 2.22 bits per heavy atom. The minimum atomic E-state index is 1.01. The van der Waals surface area contributed by atoms with Crippen LogP contribution < -0.4 is 0 Å². The lowest BCUT2D eigenvalue weighted by molar-refractivity contribution is 0.567. The molecule has 0 saturated heterocycles. The average Bonchev–Trinajstić information content (AvgIpc) is 2.07. The van der Waals surface area contributed by atoms with Gasteiger partial charge < -0.3 is 0 Å². The summed E-state index contributed by atoms with van der Waals surface area (Å²) in [5, 5.41) is 0. The van der Waals surface area contributed by atoms with E-state index in [0.717, 1.165) is 5.92 Å². The van der Waals surface area contributed by atoms with Gasteiger partial charge in [0.2, 0.25) is 0 Å². The summed E-state index contributed by atoms with van der Waals surface area (Å²) in [5.74, 6) is 1.01. The Kier molecular flexibility index (Phi) is 1.14. The normalized spacial score (nSPS) is 32.3. The highest BCUT2D eigenvalue weighted by molar-refractivity contribution is 5.31. The van der Waals surface area contributed by atoms with Crippen LogP contribution in [0, 0.1) is 5.92 Å². The van der Waals surface area contributed by atoms with Crippen molar-refractivity contribution in [3.05, 3.63) is 11.1 Å². The standard InChI is InChI=1S/C9H14/c1-2-7-3-4-8-5-6-9(7)8/h7H,2-6H2,1H3. The summed E-state index contributed by atoms with van der Waals surface area (Å²) in [6.07, 6.45) is 7.17. The Hall–Kier alpha value is -0.260. The number of hydrogen-bond acceptors (Lipinski definition) is 0. The van der Waals surface area contributed by atoms with E-state index in [1.165, 1.54) is 32.1 Å². The molecule has 1 unspecified atom stereocenters. The maximum Gasteiger partial charge on any atom is -0.0200 e. The van der Waals surface area contributed by atoms with Crippen molar-refractivity contribution in [3.8, 4) is 0 Å². The summed E-state index contributed by atoms with van der Waals surface area (Å²) in [7, 11) is 0. The van der Waals surface area contributed by atoms with Crippen LogP contribution in [0.15, 0.2) is 11.1 Å². The Morgan fingerprint density at radius 1 is 1.33 bits per heavy atom. The first-order valence-corrected chi connectivity index (χ1v) is 4.12. The summed E-state index contributed by atoms with van der Waals surface area (Å²) in [5.41, 5.74) is 3.67. The monoisotopic (exact) mass is 122 g/mol. The molecule has 1 atom stereocenters. The topological polar surface area (TPSA) is 0 Å². The first-order valence-electron chi connectivity index (χ1n) is 4.12. The summed E-state index contributed by atoms with van der Waals surface area (Å²) in [4.78, 5) is 0. The van der Waals surface area contributed by atoms with Crippen molar-refractivity contribution in [3.63, 3.8) is 0 Å². The summed E-state index contributed by atoms with van der Waals surface area (Å²) >= 11 is 0. The Morgan fingerprint density at radius 3 is 2.56 bits per heavy atom. The van der Waals surface area contributed by atoms with Gasteiger partial charge in [-0.2, -0.15) is 0 Å². The lowest BCUT2D eigenvalue weighted by Gasteiger charge is -2.20. The van der Waals surface area contributed by atoms with Gasteiger partial charge in [-0.3, -0.25) is 0 Å². The third kappa shape index (κ3) is 0.654. The Balaban J connectivity index is 2.14. The molecule has 0 N–H and O–H groups in total. The van der Waals surface area contributed by atoms with Crippen LogP contribution in [-0.4, -0.2) is 0 Å². The van der Waals surface area contributed by atoms with Crippen LogP contribution in [0.4, 0.5) is 0 Å². The van der Waals surface area contributed by atoms with Gasteiger partial charge in [-0.1, -0.05) is 18.1 Å². The minimum Gasteiger partial charge on any atom is -0.0704 e. The van der Waals surface area contributed by atoms with Gasteiger partial charge in [0.25, 0.3) is 0 Å². The van der Waals surface area contributed by atoms with Crippen LogP contribution in [0.2, 0.25) is 0 Å². The molecule has 9 heavy (non-hydrogen) atoms. The first kappa shape index (κ1) is 5.52. The molecule has 0 radical (unpaired) electrons. The molecule has 0 spiro atoms. The third-order valence-corrected chi connectivity index (χ3v) is 2.93. The number of allylic oxidation sites excluding steroid dienone is 2. The molecule has 0 aromatic rings. The molecule has 2 aliphatic rings. The van der Waals surface area contributed by atoms with E-state index in [1.807, 2.05) is 11.1 Å². The fourth-order valence-electron chi connectivity index (χ4n) is 2.20. The molecule has 0 saturated carbocycles. The van der Waals surface area contributed by atoms with Gasteiger partial charge in [0.15, 0.2) is 0 Å². The smallest absolute Gasteiger partial charge is 0.0200 e. The van der Waals surface area contributed by atoms with E-state index in [9.17, 15) is 0 Å². The lowest BCUT2D eigenvalue weighted by Crippen LogP contribution is -2.04. The Labute approximate surface area is 57.0 Å². The summed E-state index contributed by atoms with van der Waals surface area (Å²) in [6, 6.07) is 0.